The summed E-state index contributed by atoms with van der Waals surface area (Å²) in [6.07, 6.45) is 8.80. The summed E-state index contributed by atoms with van der Waals surface area (Å²) in [4.78, 5) is 13.6. The Morgan fingerprint density at radius 3 is 2.16 bits per heavy atom. The molecule has 3 heterocycles. The van der Waals surface area contributed by atoms with Gasteiger partial charge < -0.3 is 10.6 Å². The van der Waals surface area contributed by atoms with Gasteiger partial charge in [0.15, 0.2) is 0 Å². The number of carbonyl (C=O) groups excluding carboxylic acids is 1. The van der Waals surface area contributed by atoms with Crippen LogP contribution < -0.4 is 10.6 Å². The Morgan fingerprint density at radius 1 is 0.839 bits per heavy atom. The predicted octanol–water partition coefficient (Wildman–Crippen LogP) is 3.73. The Morgan fingerprint density at radius 2 is 1.52 bits per heavy atom. The Bertz CT molecular complexity index is 1140. The van der Waals surface area contributed by atoms with Gasteiger partial charge in [0.05, 0.1) is 17.8 Å². The number of piperidine rings is 1. The second-order valence-electron chi connectivity index (χ2n) is 7.92. The van der Waals surface area contributed by atoms with Crippen LogP contribution in [-0.4, -0.2) is 39.4 Å². The lowest BCUT2D eigenvalue weighted by Crippen LogP contribution is -2.48. The lowest BCUT2D eigenvalue weighted by atomic mass is 9.72. The van der Waals surface area contributed by atoms with Crippen molar-refractivity contribution in [1.29, 1.82) is 0 Å². The minimum absolute atomic E-state index is 0.0365. The molecule has 5 rings (SSSR count). The SMILES string of the molecule is O=C(Nc1cccc(-c2cn[nH]c2)c1)C1(c2ccc(-c3cn[nH]c3)cc2)CCNCC1. The molecule has 1 aliphatic rings. The zero-order valence-electron chi connectivity index (χ0n) is 17.1. The van der Waals surface area contributed by atoms with Gasteiger partial charge in [-0.15, -0.1) is 0 Å². The fourth-order valence-electron chi connectivity index (χ4n) is 4.33. The summed E-state index contributed by atoms with van der Waals surface area (Å²) in [5, 5.41) is 20.3. The molecule has 31 heavy (non-hydrogen) atoms. The molecule has 0 unspecified atom stereocenters. The van der Waals surface area contributed by atoms with E-state index in [0.29, 0.717) is 0 Å². The Labute approximate surface area is 180 Å². The smallest absolute Gasteiger partial charge is 0.235 e. The molecule has 7 nitrogen and oxygen atoms in total. The van der Waals surface area contributed by atoms with E-state index >= 15 is 0 Å². The highest BCUT2D eigenvalue weighted by molar-refractivity contribution is 5.99. The minimum atomic E-state index is -0.564. The van der Waals surface area contributed by atoms with Gasteiger partial charge in [-0.3, -0.25) is 15.0 Å². The standard InChI is InChI=1S/C24H24N6O/c31-23(30-22-3-1-2-18(12-22)20-15-28-29-16-20)24(8-10-25-11-9-24)21-6-4-17(5-7-21)19-13-26-27-14-19/h1-7,12-16,25H,8-11H2,(H,26,27)(H,28,29)(H,30,31). The van der Waals surface area contributed by atoms with Crippen molar-refractivity contribution in [2.75, 3.05) is 18.4 Å². The number of benzene rings is 2. The van der Waals surface area contributed by atoms with Crippen molar-refractivity contribution in [3.63, 3.8) is 0 Å². The number of aromatic amines is 2. The number of nitrogens with zero attached hydrogens (tertiary/aromatic N) is 2. The topological polar surface area (TPSA) is 98.5 Å². The van der Waals surface area contributed by atoms with E-state index in [1.54, 1.807) is 12.4 Å². The number of rotatable bonds is 5. The third kappa shape index (κ3) is 3.75. The van der Waals surface area contributed by atoms with Gasteiger partial charge in [-0.1, -0.05) is 36.4 Å². The number of hydrogen-bond donors (Lipinski definition) is 4. The van der Waals surface area contributed by atoms with Crippen LogP contribution in [0.25, 0.3) is 22.3 Å². The van der Waals surface area contributed by atoms with Crippen LogP contribution in [0.3, 0.4) is 0 Å². The fourth-order valence-corrected chi connectivity index (χ4v) is 4.33. The number of H-pyrrole nitrogens is 2. The maximum atomic E-state index is 13.6. The molecule has 4 N–H and O–H groups in total. The van der Waals surface area contributed by atoms with Gasteiger partial charge >= 0.3 is 0 Å². The third-order valence-corrected chi connectivity index (χ3v) is 6.11. The van der Waals surface area contributed by atoms with Crippen LogP contribution in [0.4, 0.5) is 5.69 Å². The van der Waals surface area contributed by atoms with Gasteiger partial charge in [0.25, 0.3) is 0 Å². The molecule has 2 aromatic heterocycles. The second kappa shape index (κ2) is 8.20. The van der Waals surface area contributed by atoms with Gasteiger partial charge in [0.2, 0.25) is 5.91 Å². The van der Waals surface area contributed by atoms with E-state index in [1.807, 2.05) is 36.7 Å². The first kappa shape index (κ1) is 19.3. The quantitative estimate of drug-likeness (QED) is 0.401. The summed E-state index contributed by atoms with van der Waals surface area (Å²) in [5.74, 6) is 0.0365. The van der Waals surface area contributed by atoms with Crippen molar-refractivity contribution in [2.45, 2.75) is 18.3 Å². The highest BCUT2D eigenvalue weighted by atomic mass is 16.2. The fraction of sp³-hybridized carbons (Fsp3) is 0.208. The molecule has 156 valence electrons. The molecule has 2 aromatic carbocycles. The van der Waals surface area contributed by atoms with Crippen molar-refractivity contribution in [1.82, 2.24) is 25.7 Å². The molecule has 4 aromatic rings. The van der Waals surface area contributed by atoms with Gasteiger partial charge in [-0.2, -0.15) is 10.2 Å². The first-order valence-corrected chi connectivity index (χ1v) is 10.5. The Balaban J connectivity index is 1.43. The van der Waals surface area contributed by atoms with Crippen molar-refractivity contribution in [3.05, 3.63) is 78.9 Å². The molecule has 7 heteroatoms. The minimum Gasteiger partial charge on any atom is -0.325 e. The molecule has 0 spiro atoms. The van der Waals surface area contributed by atoms with E-state index in [2.05, 4.69) is 55.3 Å². The van der Waals surface area contributed by atoms with E-state index in [9.17, 15) is 4.79 Å². The van der Waals surface area contributed by atoms with Crippen molar-refractivity contribution >= 4 is 11.6 Å². The van der Waals surface area contributed by atoms with Crippen LogP contribution in [0.15, 0.2) is 73.3 Å². The van der Waals surface area contributed by atoms with Crippen molar-refractivity contribution in [3.8, 4) is 22.3 Å². The molecule has 0 aliphatic carbocycles. The highest BCUT2D eigenvalue weighted by Gasteiger charge is 2.41. The van der Waals surface area contributed by atoms with Crippen molar-refractivity contribution < 1.29 is 4.79 Å². The maximum absolute atomic E-state index is 13.6. The average Bonchev–Trinajstić information content (AvgIpc) is 3.54. The van der Waals surface area contributed by atoms with E-state index in [0.717, 1.165) is 59.4 Å². The first-order chi connectivity index (χ1) is 15.2. The van der Waals surface area contributed by atoms with Crippen LogP contribution in [-0.2, 0) is 10.2 Å². The van der Waals surface area contributed by atoms with E-state index in [4.69, 9.17) is 0 Å². The van der Waals surface area contributed by atoms with Gasteiger partial charge in [-0.05, 0) is 54.8 Å². The summed E-state index contributed by atoms with van der Waals surface area (Å²) in [7, 11) is 0. The summed E-state index contributed by atoms with van der Waals surface area (Å²) in [6.45, 7) is 1.62. The van der Waals surface area contributed by atoms with Gasteiger partial charge in [0.1, 0.15) is 0 Å². The van der Waals surface area contributed by atoms with E-state index < -0.39 is 5.41 Å². The van der Waals surface area contributed by atoms with Gasteiger partial charge in [0, 0.05) is 29.2 Å². The number of anilines is 1. The zero-order valence-corrected chi connectivity index (χ0v) is 17.1. The second-order valence-corrected chi connectivity index (χ2v) is 7.92. The number of hydrogen-bond acceptors (Lipinski definition) is 4. The zero-order chi connectivity index (χ0) is 21.1. The van der Waals surface area contributed by atoms with Crippen LogP contribution in [0.2, 0.25) is 0 Å². The number of carbonyl (C=O) groups is 1. The normalized spacial score (nSPS) is 15.5. The Kier molecular flexibility index (Phi) is 5.09. The number of nitrogens with one attached hydrogen (secondary N) is 4. The summed E-state index contributed by atoms with van der Waals surface area (Å²) in [6, 6.07) is 16.2. The van der Waals surface area contributed by atoms with E-state index in [-0.39, 0.29) is 5.91 Å². The van der Waals surface area contributed by atoms with Crippen molar-refractivity contribution in [2.24, 2.45) is 0 Å². The van der Waals surface area contributed by atoms with Crippen LogP contribution >= 0.6 is 0 Å². The van der Waals surface area contributed by atoms with Crippen LogP contribution in [0.1, 0.15) is 18.4 Å². The lowest BCUT2D eigenvalue weighted by Gasteiger charge is -2.37. The van der Waals surface area contributed by atoms with Gasteiger partial charge in [-0.25, -0.2) is 0 Å². The molecule has 1 aliphatic heterocycles. The largest absolute Gasteiger partial charge is 0.325 e. The number of aromatic nitrogens is 4. The molecule has 0 radical (unpaired) electrons. The molecule has 0 saturated carbocycles. The lowest BCUT2D eigenvalue weighted by molar-refractivity contribution is -0.122. The Hall–Kier alpha value is -3.71. The highest BCUT2D eigenvalue weighted by Crippen LogP contribution is 2.36. The third-order valence-electron chi connectivity index (χ3n) is 6.11. The average molecular weight is 412 g/mol. The maximum Gasteiger partial charge on any atom is 0.235 e. The molecule has 1 fully saturated rings. The monoisotopic (exact) mass is 412 g/mol. The predicted molar refractivity (Wildman–Crippen MR) is 120 cm³/mol. The van der Waals surface area contributed by atoms with Crippen LogP contribution in [0.5, 0.6) is 0 Å². The van der Waals surface area contributed by atoms with E-state index in [1.165, 1.54) is 0 Å². The van der Waals surface area contributed by atoms with Crippen LogP contribution in [0, 0.1) is 0 Å². The molecule has 1 saturated heterocycles. The summed E-state index contributed by atoms with van der Waals surface area (Å²) < 4.78 is 0. The summed E-state index contributed by atoms with van der Waals surface area (Å²) >= 11 is 0. The number of amides is 1. The molecule has 0 atom stereocenters. The molecular formula is C24H24N6O. The first-order valence-electron chi connectivity index (χ1n) is 10.5. The molecular weight excluding hydrogens is 388 g/mol. The summed E-state index contributed by atoms with van der Waals surface area (Å²) in [5.41, 5.74) is 5.38. The molecule has 0 bridgehead atoms. The molecule has 1 amide bonds.